The fourth-order valence-electron chi connectivity index (χ4n) is 2.52. The molecule has 1 aliphatic heterocycles. The molecule has 1 N–H and O–H groups in total. The molecule has 0 bridgehead atoms. The van der Waals surface area contributed by atoms with Crippen molar-refractivity contribution in [3.05, 3.63) is 53.1 Å². The number of benzene rings is 2. The van der Waals surface area contributed by atoms with Crippen LogP contribution in [0.4, 0.5) is 16.2 Å². The van der Waals surface area contributed by atoms with Gasteiger partial charge in [0.15, 0.2) is 0 Å². The summed E-state index contributed by atoms with van der Waals surface area (Å²) in [6.45, 7) is 4.40. The number of urea groups is 1. The lowest BCUT2D eigenvalue weighted by molar-refractivity contribution is 0.208. The monoisotopic (exact) mass is 316 g/mol. The smallest absolute Gasteiger partial charge is 0.326 e. The fraction of sp³-hybridized carbons (Fsp3) is 0.235. The van der Waals surface area contributed by atoms with Crippen molar-refractivity contribution in [2.24, 2.45) is 0 Å². The number of anilines is 2. The molecule has 0 aromatic heterocycles. The van der Waals surface area contributed by atoms with Gasteiger partial charge in [-0.2, -0.15) is 0 Å². The summed E-state index contributed by atoms with van der Waals surface area (Å²) in [5.74, 6) is 0.669. The summed E-state index contributed by atoms with van der Waals surface area (Å²) >= 11 is 6.05. The first kappa shape index (κ1) is 14.7. The minimum Gasteiger partial charge on any atom is -0.487 e. The highest BCUT2D eigenvalue weighted by atomic mass is 35.5. The van der Waals surface area contributed by atoms with Gasteiger partial charge in [-0.25, -0.2) is 4.79 Å². The molecule has 1 atom stereocenters. The van der Waals surface area contributed by atoms with Crippen molar-refractivity contribution in [2.45, 2.75) is 20.0 Å². The fourth-order valence-corrected chi connectivity index (χ4v) is 2.68. The van der Waals surface area contributed by atoms with E-state index >= 15 is 0 Å². The molecule has 5 heteroatoms. The second kappa shape index (κ2) is 5.89. The average molecular weight is 317 g/mol. The Morgan fingerprint density at radius 3 is 2.91 bits per heavy atom. The molecule has 114 valence electrons. The molecular weight excluding hydrogens is 300 g/mol. The standard InChI is InChI=1S/C17H17ClN2O2/c1-11-4-3-5-14(8-11)19-17(21)20-10-12(2)22-16-7-6-13(18)9-15(16)20/h3-9,12H,10H2,1-2H3,(H,19,21). The number of nitrogens with one attached hydrogen (secondary N) is 1. The second-order valence-corrected chi connectivity index (χ2v) is 5.89. The highest BCUT2D eigenvalue weighted by Crippen LogP contribution is 2.36. The van der Waals surface area contributed by atoms with Gasteiger partial charge in [0.2, 0.25) is 0 Å². The summed E-state index contributed by atoms with van der Waals surface area (Å²) in [5.41, 5.74) is 2.56. The van der Waals surface area contributed by atoms with E-state index in [0.29, 0.717) is 23.0 Å². The molecule has 0 spiro atoms. The highest BCUT2D eigenvalue weighted by Gasteiger charge is 2.28. The summed E-state index contributed by atoms with van der Waals surface area (Å²) in [4.78, 5) is 14.3. The molecule has 2 aromatic rings. The van der Waals surface area contributed by atoms with Crippen LogP contribution in [0.1, 0.15) is 12.5 Å². The molecule has 0 saturated heterocycles. The number of fused-ring (bicyclic) bond motifs is 1. The van der Waals surface area contributed by atoms with Crippen molar-refractivity contribution in [3.8, 4) is 5.75 Å². The Hall–Kier alpha value is -2.20. The Bertz CT molecular complexity index is 718. The van der Waals surface area contributed by atoms with Gasteiger partial charge in [0, 0.05) is 10.7 Å². The van der Waals surface area contributed by atoms with E-state index in [1.165, 1.54) is 0 Å². The topological polar surface area (TPSA) is 41.6 Å². The molecule has 1 aliphatic rings. The number of carbonyl (C=O) groups excluding carboxylic acids is 1. The van der Waals surface area contributed by atoms with Gasteiger partial charge in [-0.15, -0.1) is 0 Å². The van der Waals surface area contributed by atoms with Gasteiger partial charge in [0.1, 0.15) is 11.9 Å². The van der Waals surface area contributed by atoms with Crippen LogP contribution in [0.15, 0.2) is 42.5 Å². The summed E-state index contributed by atoms with van der Waals surface area (Å²) in [6, 6.07) is 12.8. The highest BCUT2D eigenvalue weighted by molar-refractivity contribution is 6.31. The van der Waals surface area contributed by atoms with Crippen molar-refractivity contribution in [1.82, 2.24) is 0 Å². The van der Waals surface area contributed by atoms with Gasteiger partial charge in [-0.3, -0.25) is 4.90 Å². The number of amides is 2. The molecular formula is C17H17ClN2O2. The zero-order chi connectivity index (χ0) is 15.7. The number of halogens is 1. The van der Waals surface area contributed by atoms with E-state index in [0.717, 1.165) is 11.3 Å². The van der Waals surface area contributed by atoms with Crippen molar-refractivity contribution >= 4 is 29.0 Å². The maximum Gasteiger partial charge on any atom is 0.326 e. The number of hydrogen-bond acceptors (Lipinski definition) is 2. The molecule has 1 heterocycles. The SMILES string of the molecule is Cc1cccc(NC(=O)N2CC(C)Oc3ccc(Cl)cc32)c1. The van der Waals surface area contributed by atoms with Gasteiger partial charge >= 0.3 is 6.03 Å². The van der Waals surface area contributed by atoms with Crippen LogP contribution in [0, 0.1) is 6.92 Å². The Kier molecular flexibility index (Phi) is 3.94. The maximum atomic E-state index is 12.6. The zero-order valence-corrected chi connectivity index (χ0v) is 13.2. The molecule has 22 heavy (non-hydrogen) atoms. The number of ether oxygens (including phenoxy) is 1. The molecule has 3 rings (SSSR count). The minimum atomic E-state index is -0.190. The van der Waals surface area contributed by atoms with E-state index in [-0.39, 0.29) is 12.1 Å². The predicted molar refractivity (Wildman–Crippen MR) is 89.1 cm³/mol. The zero-order valence-electron chi connectivity index (χ0n) is 12.5. The van der Waals surface area contributed by atoms with Gasteiger partial charge < -0.3 is 10.1 Å². The lowest BCUT2D eigenvalue weighted by Crippen LogP contribution is -2.44. The van der Waals surface area contributed by atoms with Gasteiger partial charge in [0.05, 0.1) is 12.2 Å². The summed E-state index contributed by atoms with van der Waals surface area (Å²) in [5, 5.41) is 3.50. The van der Waals surface area contributed by atoms with Crippen molar-refractivity contribution in [1.29, 1.82) is 0 Å². The molecule has 0 fully saturated rings. The largest absolute Gasteiger partial charge is 0.487 e. The normalized spacial score (nSPS) is 16.7. The van der Waals surface area contributed by atoms with Gasteiger partial charge in [0.25, 0.3) is 0 Å². The average Bonchev–Trinajstić information content (AvgIpc) is 2.47. The van der Waals surface area contributed by atoms with E-state index in [9.17, 15) is 4.79 Å². The van der Waals surface area contributed by atoms with E-state index < -0.39 is 0 Å². The summed E-state index contributed by atoms with van der Waals surface area (Å²) < 4.78 is 5.76. The van der Waals surface area contributed by atoms with Crippen molar-refractivity contribution in [2.75, 3.05) is 16.8 Å². The van der Waals surface area contributed by atoms with Crippen molar-refractivity contribution < 1.29 is 9.53 Å². The third kappa shape index (κ3) is 3.02. The Morgan fingerprint density at radius 2 is 2.14 bits per heavy atom. The molecule has 4 nitrogen and oxygen atoms in total. The van der Waals surface area contributed by atoms with Crippen molar-refractivity contribution in [3.63, 3.8) is 0 Å². The summed E-state index contributed by atoms with van der Waals surface area (Å²) in [6.07, 6.45) is -0.0723. The Labute approximate surface area is 134 Å². The number of aryl methyl sites for hydroxylation is 1. The second-order valence-electron chi connectivity index (χ2n) is 5.45. The van der Waals surface area contributed by atoms with E-state index in [1.54, 1.807) is 23.1 Å². The Balaban J connectivity index is 1.88. The van der Waals surface area contributed by atoms with Crippen LogP contribution < -0.4 is 15.0 Å². The quantitative estimate of drug-likeness (QED) is 0.843. The predicted octanol–water partition coefficient (Wildman–Crippen LogP) is 4.47. The summed E-state index contributed by atoms with van der Waals surface area (Å²) in [7, 11) is 0. The van der Waals surface area contributed by atoms with Gasteiger partial charge in [-0.05, 0) is 49.7 Å². The lowest BCUT2D eigenvalue weighted by atomic mass is 10.2. The first-order valence-electron chi connectivity index (χ1n) is 7.14. The molecule has 0 radical (unpaired) electrons. The number of rotatable bonds is 1. The van der Waals surface area contributed by atoms with E-state index in [4.69, 9.17) is 16.3 Å². The molecule has 2 amide bonds. The number of hydrogen-bond donors (Lipinski definition) is 1. The van der Waals surface area contributed by atoms with Crippen LogP contribution >= 0.6 is 11.6 Å². The Morgan fingerprint density at radius 1 is 1.32 bits per heavy atom. The minimum absolute atomic E-state index is 0.0723. The lowest BCUT2D eigenvalue weighted by Gasteiger charge is -2.33. The van der Waals surface area contributed by atoms with E-state index in [1.807, 2.05) is 38.1 Å². The molecule has 0 aliphatic carbocycles. The van der Waals surface area contributed by atoms with Crippen LogP contribution in [0.25, 0.3) is 0 Å². The van der Waals surface area contributed by atoms with E-state index in [2.05, 4.69) is 5.32 Å². The number of nitrogens with zero attached hydrogens (tertiary/aromatic N) is 1. The first-order chi connectivity index (χ1) is 10.5. The van der Waals surface area contributed by atoms with Crippen LogP contribution in [-0.4, -0.2) is 18.7 Å². The third-order valence-electron chi connectivity index (χ3n) is 3.49. The maximum absolute atomic E-state index is 12.6. The van der Waals surface area contributed by atoms with Gasteiger partial charge in [-0.1, -0.05) is 23.7 Å². The third-order valence-corrected chi connectivity index (χ3v) is 3.73. The number of carbonyl (C=O) groups is 1. The van der Waals surface area contributed by atoms with Crippen LogP contribution in [-0.2, 0) is 0 Å². The molecule has 0 saturated carbocycles. The molecule has 1 unspecified atom stereocenters. The molecule has 2 aromatic carbocycles. The van der Waals surface area contributed by atoms with Crippen LogP contribution in [0.2, 0.25) is 5.02 Å². The van der Waals surface area contributed by atoms with Crippen LogP contribution in [0.3, 0.4) is 0 Å². The first-order valence-corrected chi connectivity index (χ1v) is 7.52. The van der Waals surface area contributed by atoms with Crippen LogP contribution in [0.5, 0.6) is 5.75 Å².